The molecule has 1 aliphatic heterocycles. The lowest BCUT2D eigenvalue weighted by Crippen LogP contribution is -2.32. The second kappa shape index (κ2) is 6.93. The van der Waals surface area contributed by atoms with Crippen LogP contribution in [0.4, 0.5) is 0 Å². The predicted octanol–water partition coefficient (Wildman–Crippen LogP) is 1.41. The zero-order valence-electron chi connectivity index (χ0n) is 14.3. The first-order chi connectivity index (χ1) is 11.5. The van der Waals surface area contributed by atoms with Gasteiger partial charge in [-0.1, -0.05) is 0 Å². The first-order valence-corrected chi connectivity index (χ1v) is 8.65. The third-order valence-electron chi connectivity index (χ3n) is 4.97. The monoisotopic (exact) mass is 335 g/mol. The van der Waals surface area contributed by atoms with Gasteiger partial charge in [-0.25, -0.2) is 0 Å². The van der Waals surface area contributed by atoms with Gasteiger partial charge in [-0.3, -0.25) is 14.3 Å². The van der Waals surface area contributed by atoms with Crippen molar-refractivity contribution < 1.29 is 19.4 Å². The lowest BCUT2D eigenvalue weighted by molar-refractivity contribution is -0.142. The largest absolute Gasteiger partial charge is 0.481 e. The molecule has 2 unspecified atom stereocenters. The number of amides is 1. The summed E-state index contributed by atoms with van der Waals surface area (Å²) in [6.45, 7) is 6.26. The van der Waals surface area contributed by atoms with E-state index in [-0.39, 0.29) is 11.8 Å². The van der Waals surface area contributed by atoms with E-state index in [1.165, 1.54) is 0 Å². The molecule has 2 fully saturated rings. The number of carboxylic acids is 1. The molecule has 0 spiro atoms. The molecular formula is C17H25N3O4. The van der Waals surface area contributed by atoms with Crippen molar-refractivity contribution in [2.24, 2.45) is 17.8 Å². The number of aromatic nitrogens is 2. The van der Waals surface area contributed by atoms with Crippen LogP contribution in [0, 0.1) is 24.7 Å². The van der Waals surface area contributed by atoms with Gasteiger partial charge < -0.3 is 14.7 Å². The summed E-state index contributed by atoms with van der Waals surface area (Å²) < 4.78 is 7.02. The van der Waals surface area contributed by atoms with Crippen molar-refractivity contribution in [3.8, 4) is 0 Å². The van der Waals surface area contributed by atoms with Crippen LogP contribution in [0.5, 0.6) is 0 Å². The Morgan fingerprint density at radius 1 is 1.38 bits per heavy atom. The summed E-state index contributed by atoms with van der Waals surface area (Å²) >= 11 is 0. The second-order valence-corrected chi connectivity index (χ2v) is 6.75. The topological polar surface area (TPSA) is 84.7 Å². The maximum Gasteiger partial charge on any atom is 0.308 e. The second-order valence-electron chi connectivity index (χ2n) is 6.75. The van der Waals surface area contributed by atoms with E-state index in [1.807, 2.05) is 13.8 Å². The summed E-state index contributed by atoms with van der Waals surface area (Å²) in [5.74, 6) is -0.798. The van der Waals surface area contributed by atoms with E-state index in [0.29, 0.717) is 44.5 Å². The highest BCUT2D eigenvalue weighted by molar-refractivity contribution is 5.93. The number of carbonyl (C=O) groups excluding carboxylic acids is 1. The summed E-state index contributed by atoms with van der Waals surface area (Å²) in [6.07, 6.45) is 2.17. The first kappa shape index (κ1) is 17.0. The zero-order chi connectivity index (χ0) is 17.3. The first-order valence-electron chi connectivity index (χ1n) is 8.65. The van der Waals surface area contributed by atoms with Crippen molar-refractivity contribution in [2.75, 3.05) is 26.3 Å². The minimum Gasteiger partial charge on any atom is -0.481 e. The van der Waals surface area contributed by atoms with Gasteiger partial charge in [-0.15, -0.1) is 0 Å². The molecule has 0 aromatic carbocycles. The Labute approximate surface area is 141 Å². The SMILES string of the molecule is CCOCCn1nc(C)cc1C(=O)N1CC(C(=O)O)C(C2CC2)C1. The highest BCUT2D eigenvalue weighted by atomic mass is 16.5. The third kappa shape index (κ3) is 3.45. The molecule has 2 atom stereocenters. The molecule has 1 aromatic heterocycles. The Morgan fingerprint density at radius 3 is 2.75 bits per heavy atom. The fourth-order valence-corrected chi connectivity index (χ4v) is 3.60. The van der Waals surface area contributed by atoms with Crippen LogP contribution >= 0.6 is 0 Å². The van der Waals surface area contributed by atoms with Gasteiger partial charge in [0.25, 0.3) is 5.91 Å². The van der Waals surface area contributed by atoms with Crippen LogP contribution in [0.15, 0.2) is 6.07 Å². The Balaban J connectivity index is 1.73. The van der Waals surface area contributed by atoms with Crippen LogP contribution in [0.2, 0.25) is 0 Å². The van der Waals surface area contributed by atoms with E-state index >= 15 is 0 Å². The third-order valence-corrected chi connectivity index (χ3v) is 4.97. The lowest BCUT2D eigenvalue weighted by atomic mass is 9.92. The molecule has 7 nitrogen and oxygen atoms in total. The van der Waals surface area contributed by atoms with Gasteiger partial charge in [0.15, 0.2) is 0 Å². The number of hydrogen-bond acceptors (Lipinski definition) is 4. The Kier molecular flexibility index (Phi) is 4.89. The number of hydrogen-bond donors (Lipinski definition) is 1. The van der Waals surface area contributed by atoms with Crippen molar-refractivity contribution in [2.45, 2.75) is 33.2 Å². The number of carboxylic acid groups (broad SMARTS) is 1. The summed E-state index contributed by atoms with van der Waals surface area (Å²) in [6, 6.07) is 1.77. The van der Waals surface area contributed by atoms with Crippen molar-refractivity contribution in [3.05, 3.63) is 17.5 Å². The highest BCUT2D eigenvalue weighted by Gasteiger charge is 2.47. The molecule has 1 saturated heterocycles. The Hall–Kier alpha value is -1.89. The number of ether oxygens (including phenoxy) is 1. The molecule has 0 bridgehead atoms. The van der Waals surface area contributed by atoms with Crippen LogP contribution < -0.4 is 0 Å². The summed E-state index contributed by atoms with van der Waals surface area (Å²) in [4.78, 5) is 26.1. The fourth-order valence-electron chi connectivity index (χ4n) is 3.60. The number of rotatable bonds is 7. The number of likely N-dealkylation sites (tertiary alicyclic amines) is 1. The quantitative estimate of drug-likeness (QED) is 0.762. The van der Waals surface area contributed by atoms with Crippen molar-refractivity contribution >= 4 is 11.9 Å². The maximum absolute atomic E-state index is 12.9. The fraction of sp³-hybridized carbons (Fsp3) is 0.706. The summed E-state index contributed by atoms with van der Waals surface area (Å²) in [7, 11) is 0. The molecule has 24 heavy (non-hydrogen) atoms. The molecular weight excluding hydrogens is 310 g/mol. The number of nitrogens with zero attached hydrogens (tertiary/aromatic N) is 3. The molecule has 2 aliphatic rings. The minimum atomic E-state index is -0.789. The van der Waals surface area contributed by atoms with Crippen molar-refractivity contribution in [3.63, 3.8) is 0 Å². The van der Waals surface area contributed by atoms with E-state index < -0.39 is 11.9 Å². The van der Waals surface area contributed by atoms with Gasteiger partial charge in [0.2, 0.25) is 0 Å². The average molecular weight is 335 g/mol. The van der Waals surface area contributed by atoms with E-state index in [0.717, 1.165) is 18.5 Å². The Morgan fingerprint density at radius 2 is 2.12 bits per heavy atom. The van der Waals surface area contributed by atoms with E-state index in [2.05, 4.69) is 5.10 Å². The van der Waals surface area contributed by atoms with Crippen molar-refractivity contribution in [1.29, 1.82) is 0 Å². The molecule has 1 amide bonds. The molecule has 0 radical (unpaired) electrons. The molecule has 2 heterocycles. The van der Waals surface area contributed by atoms with Crippen LogP contribution in [0.1, 0.15) is 35.9 Å². The predicted molar refractivity (Wildman–Crippen MR) is 86.7 cm³/mol. The van der Waals surface area contributed by atoms with Crippen LogP contribution in [0.3, 0.4) is 0 Å². The van der Waals surface area contributed by atoms with Crippen molar-refractivity contribution in [1.82, 2.24) is 14.7 Å². The average Bonchev–Trinajstić information content (AvgIpc) is 3.17. The summed E-state index contributed by atoms with van der Waals surface area (Å²) in [5.41, 5.74) is 1.30. The number of aryl methyl sites for hydroxylation is 1. The smallest absolute Gasteiger partial charge is 0.308 e. The molecule has 1 saturated carbocycles. The zero-order valence-corrected chi connectivity index (χ0v) is 14.3. The van der Waals surface area contributed by atoms with E-state index in [9.17, 15) is 14.7 Å². The molecule has 1 aromatic rings. The lowest BCUT2D eigenvalue weighted by Gasteiger charge is -2.17. The minimum absolute atomic E-state index is 0.0901. The number of aliphatic carboxylic acids is 1. The number of carbonyl (C=O) groups is 2. The highest BCUT2D eigenvalue weighted by Crippen LogP contribution is 2.44. The molecule has 1 N–H and O–H groups in total. The molecule has 132 valence electrons. The molecule has 3 rings (SSSR count). The standard InChI is InChI=1S/C17H25N3O4/c1-3-24-7-6-20-15(8-11(2)18-20)16(21)19-9-13(12-4-5-12)14(10-19)17(22)23/h8,12-14H,3-7,9-10H2,1-2H3,(H,22,23). The van der Waals surface area contributed by atoms with Gasteiger partial charge >= 0.3 is 5.97 Å². The van der Waals surface area contributed by atoms with Gasteiger partial charge in [-0.2, -0.15) is 5.10 Å². The van der Waals surface area contributed by atoms with Gasteiger partial charge in [0, 0.05) is 19.7 Å². The van der Waals surface area contributed by atoms with E-state index in [1.54, 1.807) is 15.6 Å². The molecule has 7 heteroatoms. The maximum atomic E-state index is 12.9. The van der Waals surface area contributed by atoms with Gasteiger partial charge in [0.1, 0.15) is 5.69 Å². The van der Waals surface area contributed by atoms with E-state index in [4.69, 9.17) is 4.74 Å². The normalized spacial score (nSPS) is 23.7. The van der Waals surface area contributed by atoms with Crippen LogP contribution in [0.25, 0.3) is 0 Å². The van der Waals surface area contributed by atoms with Gasteiger partial charge in [0.05, 0.1) is 24.8 Å². The molecule has 1 aliphatic carbocycles. The van der Waals surface area contributed by atoms with Gasteiger partial charge in [-0.05, 0) is 44.6 Å². The summed E-state index contributed by atoms with van der Waals surface area (Å²) in [5, 5.41) is 13.8. The van der Waals surface area contributed by atoms with Crippen LogP contribution in [-0.4, -0.2) is 58.0 Å². The Bertz CT molecular complexity index is 623. The van der Waals surface area contributed by atoms with Crippen LogP contribution in [-0.2, 0) is 16.1 Å².